The van der Waals surface area contributed by atoms with Gasteiger partial charge in [0.05, 0.1) is 27.4 Å². The molecule has 2 bridgehead atoms. The first-order valence-corrected chi connectivity index (χ1v) is 20.3. The van der Waals surface area contributed by atoms with Crippen LogP contribution in [0.1, 0.15) is 68.8 Å². The summed E-state index contributed by atoms with van der Waals surface area (Å²) in [5.41, 5.74) is 1.05. The molecule has 1 aliphatic carbocycles. The van der Waals surface area contributed by atoms with Crippen LogP contribution < -0.4 is 9.64 Å². The van der Waals surface area contributed by atoms with E-state index in [0.717, 1.165) is 52.9 Å². The van der Waals surface area contributed by atoms with Gasteiger partial charge < -0.3 is 33.9 Å². The van der Waals surface area contributed by atoms with Crippen LogP contribution in [0.15, 0.2) is 60.2 Å². The van der Waals surface area contributed by atoms with Crippen molar-refractivity contribution < 1.29 is 38.4 Å². The van der Waals surface area contributed by atoms with E-state index in [1.54, 1.807) is 7.11 Å². The average Bonchev–Trinajstić information content (AvgIpc) is 3.87. The van der Waals surface area contributed by atoms with Crippen molar-refractivity contribution in [3.63, 3.8) is 0 Å². The Hall–Kier alpha value is -4.65. The molecule has 57 heavy (non-hydrogen) atoms. The molecule has 9 rings (SSSR count). The van der Waals surface area contributed by atoms with Gasteiger partial charge in [-0.25, -0.2) is 4.79 Å². The van der Waals surface area contributed by atoms with Gasteiger partial charge in [-0.2, -0.15) is 0 Å². The van der Waals surface area contributed by atoms with Crippen LogP contribution in [0.5, 0.6) is 5.75 Å². The third-order valence-corrected chi connectivity index (χ3v) is 14.8. The smallest absolute Gasteiger partial charge is 0.344 e. The number of nitrogens with zero attached hydrogens (tertiary/aromatic N) is 3. The molecule has 1 saturated heterocycles. The first-order chi connectivity index (χ1) is 27.4. The van der Waals surface area contributed by atoms with E-state index in [0.29, 0.717) is 50.2 Å². The third kappa shape index (κ3) is 4.80. The Bertz CT molecular complexity index is 2250. The number of carbonyl (C=O) groups excluding carboxylic acids is 3. The SMILES string of the molecule is CCC1=CC2CN(C1)Cc1c([nH]c3ccccc13)[C@@](C(=O)OC)(c1cc3c(cc1OC)N(C)[C@@H]1[C@@]34CCN3CC=C[C@@](CC)(C(OC(C)=O)[C@]1(O)C(=O)OC)[C@@H]34)C2. The molecule has 3 aromatic rings. The summed E-state index contributed by atoms with van der Waals surface area (Å²) in [6, 6.07) is 11.2. The average molecular weight is 779 g/mol. The molecular formula is C45H54N4O8. The van der Waals surface area contributed by atoms with Gasteiger partial charge in [-0.1, -0.05) is 55.8 Å². The number of aromatic nitrogens is 1. The monoisotopic (exact) mass is 778 g/mol. The molecule has 12 nitrogen and oxygen atoms in total. The zero-order valence-corrected chi connectivity index (χ0v) is 34.0. The van der Waals surface area contributed by atoms with E-state index >= 15 is 4.79 Å². The number of nitrogens with one attached hydrogen (secondary N) is 1. The Labute approximate surface area is 333 Å². The fraction of sp³-hybridized carbons (Fsp3) is 0.533. The first kappa shape index (κ1) is 37.9. The molecular weight excluding hydrogens is 725 g/mol. The van der Waals surface area contributed by atoms with Crippen LogP contribution in [0.25, 0.3) is 10.9 Å². The molecule has 3 unspecified atom stereocenters. The first-order valence-electron chi connectivity index (χ1n) is 20.3. The maximum atomic E-state index is 15.2. The fourth-order valence-corrected chi connectivity index (χ4v) is 12.8. The lowest BCUT2D eigenvalue weighted by Gasteiger charge is -2.63. The van der Waals surface area contributed by atoms with Gasteiger partial charge in [0.2, 0.25) is 5.60 Å². The highest BCUT2D eigenvalue weighted by molar-refractivity contribution is 5.95. The van der Waals surface area contributed by atoms with Crippen molar-refractivity contribution in [3.8, 4) is 5.75 Å². The third-order valence-electron chi connectivity index (χ3n) is 14.8. The molecule has 1 aromatic heterocycles. The zero-order valence-electron chi connectivity index (χ0n) is 34.0. The fourth-order valence-electron chi connectivity index (χ4n) is 12.8. The topological polar surface area (TPSA) is 134 Å². The lowest BCUT2D eigenvalue weighted by atomic mass is 9.47. The van der Waals surface area contributed by atoms with Crippen molar-refractivity contribution in [1.29, 1.82) is 0 Å². The Morgan fingerprint density at radius 2 is 1.77 bits per heavy atom. The Balaban J connectivity index is 1.37. The van der Waals surface area contributed by atoms with Crippen molar-refractivity contribution in [3.05, 3.63) is 82.6 Å². The highest BCUT2D eigenvalue weighted by Gasteiger charge is 2.80. The van der Waals surface area contributed by atoms with E-state index in [9.17, 15) is 14.7 Å². The Morgan fingerprint density at radius 3 is 2.47 bits per heavy atom. The number of H-pyrrole nitrogens is 1. The van der Waals surface area contributed by atoms with Gasteiger partial charge in [0, 0.05) is 90.9 Å². The van der Waals surface area contributed by atoms with Gasteiger partial charge in [0.1, 0.15) is 11.2 Å². The van der Waals surface area contributed by atoms with E-state index in [1.807, 2.05) is 37.1 Å². The number of benzene rings is 2. The number of esters is 3. The van der Waals surface area contributed by atoms with Crippen LogP contribution >= 0.6 is 0 Å². The molecule has 2 aromatic carbocycles. The zero-order chi connectivity index (χ0) is 40.2. The summed E-state index contributed by atoms with van der Waals surface area (Å²) in [5.74, 6) is -1.31. The molecule has 0 amide bonds. The second-order valence-electron chi connectivity index (χ2n) is 17.2. The molecule has 1 spiro atoms. The number of carbonyl (C=O) groups is 3. The number of ether oxygens (including phenoxy) is 4. The lowest BCUT2D eigenvalue weighted by Crippen LogP contribution is -2.81. The number of rotatable bonds is 7. The van der Waals surface area contributed by atoms with Crippen LogP contribution in [0.4, 0.5) is 5.69 Å². The van der Waals surface area contributed by atoms with Gasteiger partial charge >= 0.3 is 17.9 Å². The maximum Gasteiger partial charge on any atom is 0.344 e. The second-order valence-corrected chi connectivity index (χ2v) is 17.2. The summed E-state index contributed by atoms with van der Waals surface area (Å²) >= 11 is 0. The standard InChI is InChI=1S/C45H54N4O8/c1-8-27-19-28-22-44(40(51)55-6,36-30(25-48(23-27)24-28)29-13-10-11-14-33(29)46-36)32-20-31-34(21-35(32)54-5)47(4)38-43(31)16-18-49-17-12-15-42(9-2,37(43)49)39(57-26(3)50)45(38,53)41(52)56-7/h10-15,19-21,28,37-39,46,53H,8-9,16-18,22-25H2,1-7H3/t28?,37-,38-,39?,42-,43+,44+,45+/m1/s1. The predicted octanol–water partition coefficient (Wildman–Crippen LogP) is 4.75. The van der Waals surface area contributed by atoms with Gasteiger partial charge in [0.15, 0.2) is 6.10 Å². The number of likely N-dealkylation sites (N-methyl/N-ethyl adjacent to an activating group) is 1. The van der Waals surface area contributed by atoms with Crippen LogP contribution in [0.2, 0.25) is 0 Å². The van der Waals surface area contributed by atoms with Crippen molar-refractivity contribution in [2.75, 3.05) is 59.5 Å². The number of aromatic amines is 1. The summed E-state index contributed by atoms with van der Waals surface area (Å²) in [5, 5.41) is 14.4. The van der Waals surface area contributed by atoms with Gasteiger partial charge in [-0.3, -0.25) is 19.4 Å². The number of aliphatic hydroxyl groups is 1. The normalized spacial score (nSPS) is 34.9. The van der Waals surface area contributed by atoms with E-state index < -0.39 is 45.9 Å². The molecule has 9 atom stereocenters. The highest BCUT2D eigenvalue weighted by atomic mass is 16.6. The van der Waals surface area contributed by atoms with Gasteiger partial charge in [-0.05, 0) is 61.4 Å². The minimum Gasteiger partial charge on any atom is -0.496 e. The highest BCUT2D eigenvalue weighted by Crippen LogP contribution is 2.68. The largest absolute Gasteiger partial charge is 0.496 e. The van der Waals surface area contributed by atoms with Crippen LogP contribution in [-0.4, -0.2) is 116 Å². The minimum absolute atomic E-state index is 0.0284. The molecule has 2 fully saturated rings. The summed E-state index contributed by atoms with van der Waals surface area (Å²) < 4.78 is 23.9. The van der Waals surface area contributed by atoms with E-state index in [4.69, 9.17) is 18.9 Å². The summed E-state index contributed by atoms with van der Waals surface area (Å²) in [7, 11) is 6.22. The summed E-state index contributed by atoms with van der Waals surface area (Å²) in [6.07, 6.45) is 7.67. The Morgan fingerprint density at radius 1 is 1.00 bits per heavy atom. The minimum atomic E-state index is -2.27. The second kappa shape index (κ2) is 13.2. The number of hydrogen-bond donors (Lipinski definition) is 2. The number of hydrogen-bond acceptors (Lipinski definition) is 11. The molecule has 0 radical (unpaired) electrons. The molecule has 5 aliphatic heterocycles. The van der Waals surface area contributed by atoms with Crippen molar-refractivity contribution in [2.24, 2.45) is 11.3 Å². The molecule has 12 heteroatoms. The van der Waals surface area contributed by atoms with Crippen LogP contribution in [0, 0.1) is 11.3 Å². The van der Waals surface area contributed by atoms with E-state index in [1.165, 1.54) is 26.7 Å². The number of fused-ring (bicyclic) bond motifs is 6. The number of para-hydroxylation sites is 1. The molecule has 6 aliphatic rings. The van der Waals surface area contributed by atoms with Gasteiger partial charge in [-0.15, -0.1) is 0 Å². The quantitative estimate of drug-likeness (QED) is 0.196. The van der Waals surface area contributed by atoms with Gasteiger partial charge in [0.25, 0.3) is 0 Å². The number of anilines is 1. The van der Waals surface area contributed by atoms with E-state index in [-0.39, 0.29) is 17.9 Å². The molecule has 2 N–H and O–H groups in total. The van der Waals surface area contributed by atoms with Crippen molar-refractivity contribution in [1.82, 2.24) is 14.8 Å². The van der Waals surface area contributed by atoms with Crippen molar-refractivity contribution in [2.45, 2.75) is 87.6 Å². The summed E-state index contributed by atoms with van der Waals surface area (Å²) in [6.45, 7) is 9.19. The molecule has 6 heterocycles. The van der Waals surface area contributed by atoms with Crippen LogP contribution in [-0.2, 0) is 46.0 Å². The molecule has 1 saturated carbocycles. The van der Waals surface area contributed by atoms with Crippen LogP contribution in [0.3, 0.4) is 0 Å². The summed E-state index contributed by atoms with van der Waals surface area (Å²) in [4.78, 5) is 53.1. The Kier molecular flexibility index (Phi) is 8.77. The lowest BCUT2D eigenvalue weighted by molar-refractivity contribution is -0.228. The van der Waals surface area contributed by atoms with E-state index in [2.05, 4.69) is 58.1 Å². The predicted molar refractivity (Wildman–Crippen MR) is 214 cm³/mol. The van der Waals surface area contributed by atoms with Crippen molar-refractivity contribution >= 4 is 34.5 Å². The number of methoxy groups -OCH3 is 3. The maximum absolute atomic E-state index is 15.2. The molecule has 302 valence electrons.